The molecule has 0 spiro atoms. The molecular weight excluding hydrogens is 503 g/mol. The van der Waals surface area contributed by atoms with Gasteiger partial charge >= 0.3 is 6.03 Å². The summed E-state index contributed by atoms with van der Waals surface area (Å²) in [7, 11) is -2.35. The zero-order valence-corrected chi connectivity index (χ0v) is 21.7. The molecule has 2 aromatic rings. The van der Waals surface area contributed by atoms with Gasteiger partial charge in [0.15, 0.2) is 5.75 Å². The van der Waals surface area contributed by atoms with Crippen LogP contribution in [0.1, 0.15) is 24.2 Å². The van der Waals surface area contributed by atoms with Crippen molar-refractivity contribution in [2.24, 2.45) is 5.92 Å². The number of rotatable bonds is 8. The van der Waals surface area contributed by atoms with Crippen LogP contribution >= 0.6 is 0 Å². The minimum atomic E-state index is -3.77. The summed E-state index contributed by atoms with van der Waals surface area (Å²) >= 11 is 0. The van der Waals surface area contributed by atoms with Crippen molar-refractivity contribution in [2.75, 3.05) is 43.9 Å². The van der Waals surface area contributed by atoms with E-state index in [1.165, 1.54) is 49.2 Å². The summed E-state index contributed by atoms with van der Waals surface area (Å²) in [6.45, 7) is 6.71. The van der Waals surface area contributed by atoms with Crippen molar-refractivity contribution in [1.29, 1.82) is 0 Å². The maximum absolute atomic E-state index is 13.3. The fourth-order valence-electron chi connectivity index (χ4n) is 3.88. The second-order valence-electron chi connectivity index (χ2n) is 8.86. The summed E-state index contributed by atoms with van der Waals surface area (Å²) in [5.41, 5.74) is 0.677. The van der Waals surface area contributed by atoms with Crippen LogP contribution in [-0.2, 0) is 10.0 Å². The largest absolute Gasteiger partial charge is 0.486 e. The highest BCUT2D eigenvalue weighted by Gasteiger charge is 2.34. The first-order chi connectivity index (χ1) is 17.4. The van der Waals surface area contributed by atoms with Crippen LogP contribution in [0.25, 0.3) is 0 Å². The molecule has 0 saturated carbocycles. The van der Waals surface area contributed by atoms with E-state index in [2.05, 4.69) is 17.2 Å². The number of carbonyl (C=O) groups excluding carboxylic acids is 2. The quantitative estimate of drug-likeness (QED) is 0.478. The van der Waals surface area contributed by atoms with Crippen LogP contribution in [0.4, 0.5) is 20.6 Å². The fraction of sp³-hybridized carbons (Fsp3) is 0.360. The molecule has 0 radical (unpaired) electrons. The van der Waals surface area contributed by atoms with Crippen LogP contribution in [0.5, 0.6) is 5.75 Å². The van der Waals surface area contributed by atoms with E-state index in [9.17, 15) is 27.5 Å². The van der Waals surface area contributed by atoms with Crippen molar-refractivity contribution >= 4 is 33.3 Å². The molecule has 10 nitrogen and oxygen atoms in total. The first-order valence-electron chi connectivity index (χ1n) is 11.6. The molecule has 0 unspecified atom stereocenters. The average Bonchev–Trinajstić information content (AvgIpc) is 2.84. The number of sulfonamides is 1. The van der Waals surface area contributed by atoms with E-state index in [0.29, 0.717) is 5.69 Å². The van der Waals surface area contributed by atoms with Crippen molar-refractivity contribution in [3.05, 3.63) is 65.3 Å². The van der Waals surface area contributed by atoms with Gasteiger partial charge in [-0.25, -0.2) is 17.6 Å². The normalized spacial score (nSPS) is 17.9. The Labute approximate surface area is 215 Å². The van der Waals surface area contributed by atoms with Gasteiger partial charge in [-0.1, -0.05) is 19.6 Å². The number of carbonyl (C=O) groups is 2. The topological polar surface area (TPSA) is 128 Å². The SMILES string of the molecule is C=C(C)S(=O)(=O)N(C)C[C@@H]1Oc2c(NC(=O)Nc3ccc(F)cc3)cccc2C(=O)N(CCO)C[C@H]1C. The van der Waals surface area contributed by atoms with Crippen LogP contribution in [0.2, 0.25) is 0 Å². The Bertz CT molecular complexity index is 1270. The third kappa shape index (κ3) is 6.64. The number of nitrogens with zero attached hydrogens (tertiary/aromatic N) is 2. The summed E-state index contributed by atoms with van der Waals surface area (Å²) < 4.78 is 45.8. The first-order valence-corrected chi connectivity index (χ1v) is 13.0. The first kappa shape index (κ1) is 28.1. The molecule has 1 aliphatic rings. The maximum Gasteiger partial charge on any atom is 0.323 e. The summed E-state index contributed by atoms with van der Waals surface area (Å²) in [4.78, 5) is 27.4. The molecule has 12 heteroatoms. The number of urea groups is 1. The lowest BCUT2D eigenvalue weighted by atomic mass is 10.0. The molecule has 0 bridgehead atoms. The predicted molar refractivity (Wildman–Crippen MR) is 138 cm³/mol. The summed E-state index contributed by atoms with van der Waals surface area (Å²) in [6, 6.07) is 9.19. The number of hydrogen-bond donors (Lipinski definition) is 3. The summed E-state index contributed by atoms with van der Waals surface area (Å²) in [5, 5.41) is 14.8. The monoisotopic (exact) mass is 534 g/mol. The Balaban J connectivity index is 1.97. The highest BCUT2D eigenvalue weighted by Crippen LogP contribution is 2.34. The van der Waals surface area contributed by atoms with E-state index < -0.39 is 33.9 Å². The number of hydrogen-bond acceptors (Lipinski definition) is 6. The Kier molecular flexibility index (Phi) is 8.89. The summed E-state index contributed by atoms with van der Waals surface area (Å²) in [5.74, 6) is -1.12. The number of ether oxygens (including phenoxy) is 1. The van der Waals surface area contributed by atoms with Crippen LogP contribution in [-0.4, -0.2) is 74.1 Å². The van der Waals surface area contributed by atoms with Crippen LogP contribution in [0.15, 0.2) is 53.9 Å². The van der Waals surface area contributed by atoms with E-state index in [0.717, 1.165) is 4.31 Å². The molecule has 1 heterocycles. The lowest BCUT2D eigenvalue weighted by Crippen LogP contribution is -2.48. The van der Waals surface area contributed by atoms with Gasteiger partial charge in [-0.15, -0.1) is 0 Å². The minimum Gasteiger partial charge on any atom is -0.486 e. The van der Waals surface area contributed by atoms with Crippen molar-refractivity contribution in [1.82, 2.24) is 9.21 Å². The van der Waals surface area contributed by atoms with Crippen molar-refractivity contribution in [3.8, 4) is 5.75 Å². The van der Waals surface area contributed by atoms with Gasteiger partial charge in [0.2, 0.25) is 10.0 Å². The van der Waals surface area contributed by atoms with Gasteiger partial charge in [-0.2, -0.15) is 4.31 Å². The number of aliphatic hydroxyl groups excluding tert-OH is 1. The molecule has 1 aliphatic heterocycles. The van der Waals surface area contributed by atoms with E-state index >= 15 is 0 Å². The predicted octanol–water partition coefficient (Wildman–Crippen LogP) is 3.10. The number of anilines is 2. The molecule has 2 atom stereocenters. The van der Waals surface area contributed by atoms with Crippen molar-refractivity contribution in [2.45, 2.75) is 20.0 Å². The molecule has 0 aromatic heterocycles. The van der Waals surface area contributed by atoms with Gasteiger partial charge in [0, 0.05) is 36.6 Å². The number of likely N-dealkylation sites (N-methyl/N-ethyl adjacent to an activating group) is 1. The minimum absolute atomic E-state index is 0.0224. The number of fused-ring (bicyclic) bond motifs is 1. The van der Waals surface area contributed by atoms with E-state index in [1.807, 2.05) is 6.92 Å². The van der Waals surface area contributed by atoms with E-state index in [4.69, 9.17) is 4.74 Å². The lowest BCUT2D eigenvalue weighted by Gasteiger charge is -2.36. The molecule has 0 fully saturated rings. The van der Waals surface area contributed by atoms with Crippen LogP contribution < -0.4 is 15.4 Å². The van der Waals surface area contributed by atoms with Crippen LogP contribution in [0.3, 0.4) is 0 Å². The number of amides is 3. The number of aliphatic hydroxyl groups is 1. The third-order valence-corrected chi connectivity index (χ3v) is 7.80. The van der Waals surface area contributed by atoms with Gasteiger partial charge in [0.1, 0.15) is 11.9 Å². The van der Waals surface area contributed by atoms with Crippen LogP contribution in [0, 0.1) is 11.7 Å². The lowest BCUT2D eigenvalue weighted by molar-refractivity contribution is 0.0512. The van der Waals surface area contributed by atoms with Crippen molar-refractivity contribution < 1.29 is 32.2 Å². The van der Waals surface area contributed by atoms with Gasteiger partial charge in [-0.05, 0) is 43.3 Å². The molecular formula is C25H31FN4O6S. The fourth-order valence-corrected chi connectivity index (χ4v) is 4.76. The van der Waals surface area contributed by atoms with Gasteiger partial charge in [-0.3, -0.25) is 4.79 Å². The highest BCUT2D eigenvalue weighted by molar-refractivity contribution is 7.92. The van der Waals surface area contributed by atoms with Gasteiger partial charge in [0.25, 0.3) is 5.91 Å². The number of β-amino-alcohol motifs (C(OH)–C–C–N with tert-alkyl or cyclic N) is 1. The molecule has 2 aromatic carbocycles. The van der Waals surface area contributed by atoms with Gasteiger partial charge in [0.05, 0.1) is 24.4 Å². The van der Waals surface area contributed by atoms with Gasteiger partial charge < -0.3 is 25.4 Å². The number of allylic oxidation sites excluding steroid dienone is 1. The highest BCUT2D eigenvalue weighted by atomic mass is 32.2. The zero-order valence-electron chi connectivity index (χ0n) is 20.9. The van der Waals surface area contributed by atoms with Crippen molar-refractivity contribution in [3.63, 3.8) is 0 Å². The second-order valence-corrected chi connectivity index (χ2v) is 11.1. The van der Waals surface area contributed by atoms with E-state index in [-0.39, 0.29) is 54.1 Å². The number of nitrogens with one attached hydrogen (secondary N) is 2. The molecule has 3 amide bonds. The molecule has 3 rings (SSSR count). The average molecular weight is 535 g/mol. The molecule has 37 heavy (non-hydrogen) atoms. The van der Waals surface area contributed by atoms with E-state index in [1.54, 1.807) is 12.1 Å². The molecule has 0 saturated heterocycles. The Hall–Kier alpha value is -3.48. The Morgan fingerprint density at radius 3 is 2.54 bits per heavy atom. The number of benzene rings is 2. The number of para-hydroxylation sites is 1. The Morgan fingerprint density at radius 2 is 1.92 bits per heavy atom. The molecule has 3 N–H and O–H groups in total. The Morgan fingerprint density at radius 1 is 1.24 bits per heavy atom. The smallest absolute Gasteiger partial charge is 0.323 e. The molecule has 0 aliphatic carbocycles. The summed E-state index contributed by atoms with van der Waals surface area (Å²) in [6.07, 6.45) is -0.713. The third-order valence-electron chi connectivity index (χ3n) is 5.95. The number of halogens is 1. The second kappa shape index (κ2) is 11.7. The molecule has 200 valence electrons. The zero-order chi connectivity index (χ0) is 27.3. The maximum atomic E-state index is 13.3. The standard InChI is InChI=1S/C25H31FN4O6S/c1-16(2)37(34,35)29(4)15-22-17(3)14-30(12-13-31)24(32)20-6-5-7-21(23(20)36-22)28-25(33)27-19-10-8-18(26)9-11-19/h5-11,17,22,31H,1,12-15H2,2-4H3,(H2,27,28,33)/t17-,22+/m1/s1.